The van der Waals surface area contributed by atoms with Crippen molar-refractivity contribution in [1.82, 2.24) is 5.32 Å². The number of aliphatic hydroxyl groups is 1. The number of amides is 2. The Morgan fingerprint density at radius 2 is 1.52 bits per heavy atom. The number of carboxylic acid groups (broad SMARTS) is 1. The maximum atomic E-state index is 12.5. The van der Waals surface area contributed by atoms with E-state index in [4.69, 9.17) is 14.6 Å². The van der Waals surface area contributed by atoms with Crippen LogP contribution in [-0.4, -0.2) is 39.9 Å². The van der Waals surface area contributed by atoms with Gasteiger partial charge in [-0.1, -0.05) is 79.2 Å². The predicted molar refractivity (Wildman–Crippen MR) is 194 cm³/mol. The third-order valence-electron chi connectivity index (χ3n) is 8.51. The van der Waals surface area contributed by atoms with Crippen LogP contribution in [0.2, 0.25) is 0 Å². The lowest BCUT2D eigenvalue weighted by molar-refractivity contribution is -0.245. The van der Waals surface area contributed by atoms with Crippen LogP contribution in [0.15, 0.2) is 102 Å². The highest BCUT2D eigenvalue weighted by molar-refractivity contribution is 7.99. The Bertz CT molecular complexity index is 1710. The molecule has 4 N–H and O–H groups in total. The standard InChI is InChI=1S/C40H44N2O7S/c1-27(44)42-33-19-21-35(22-20-33)50-26-34-23-37(30-13-11-28(25-43)12-14-30)49-40(48-34)31-17-15-29(16-18-31)36-8-6-5-7-32(36)24-41-38(45)9-3-2-4-10-39(46)47/h5-8,11-22,34,37,40,43H,2-4,9-10,23-26H2,1H3,(H,41,45)(H,42,44)(H,46,47)/t34-,37+,40+/m0/s1. The molecule has 4 aromatic carbocycles. The number of hydrogen-bond acceptors (Lipinski definition) is 7. The molecule has 0 spiro atoms. The van der Waals surface area contributed by atoms with Gasteiger partial charge < -0.3 is 30.3 Å². The van der Waals surface area contributed by atoms with Gasteiger partial charge in [0, 0.05) is 54.6 Å². The van der Waals surface area contributed by atoms with Gasteiger partial charge in [-0.2, -0.15) is 0 Å². The highest BCUT2D eigenvalue weighted by atomic mass is 32.2. The van der Waals surface area contributed by atoms with Crippen molar-refractivity contribution in [2.45, 2.75) is 82.0 Å². The minimum Gasteiger partial charge on any atom is -0.481 e. The van der Waals surface area contributed by atoms with Gasteiger partial charge in [0.15, 0.2) is 6.29 Å². The Kier molecular flexibility index (Phi) is 13.6. The molecule has 0 saturated carbocycles. The Morgan fingerprint density at radius 3 is 2.22 bits per heavy atom. The van der Waals surface area contributed by atoms with E-state index < -0.39 is 12.3 Å². The van der Waals surface area contributed by atoms with Crippen molar-refractivity contribution < 1.29 is 34.1 Å². The maximum absolute atomic E-state index is 12.5. The summed E-state index contributed by atoms with van der Waals surface area (Å²) in [5, 5.41) is 24.1. The fraction of sp³-hybridized carbons (Fsp3) is 0.325. The molecule has 4 aromatic rings. The normalized spacial score (nSPS) is 17.2. The van der Waals surface area contributed by atoms with Gasteiger partial charge in [0.25, 0.3) is 0 Å². The van der Waals surface area contributed by atoms with Crippen LogP contribution in [-0.2, 0) is 37.0 Å². The number of hydrogen-bond donors (Lipinski definition) is 4. The minimum atomic E-state index is -0.810. The summed E-state index contributed by atoms with van der Waals surface area (Å²) < 4.78 is 13.1. The van der Waals surface area contributed by atoms with Crippen LogP contribution in [0.5, 0.6) is 0 Å². The third kappa shape index (κ3) is 11.0. The summed E-state index contributed by atoms with van der Waals surface area (Å²) in [5.41, 5.74) is 6.55. The summed E-state index contributed by atoms with van der Waals surface area (Å²) in [6.45, 7) is 1.87. The van der Waals surface area contributed by atoms with Crippen LogP contribution in [0.1, 0.15) is 80.1 Å². The van der Waals surface area contributed by atoms with E-state index in [9.17, 15) is 19.5 Å². The van der Waals surface area contributed by atoms with E-state index in [0.29, 0.717) is 44.4 Å². The van der Waals surface area contributed by atoms with Crippen molar-refractivity contribution in [3.63, 3.8) is 0 Å². The van der Waals surface area contributed by atoms with E-state index in [0.717, 1.165) is 44.0 Å². The second kappa shape index (κ2) is 18.5. The van der Waals surface area contributed by atoms with E-state index in [-0.39, 0.29) is 37.0 Å². The topological polar surface area (TPSA) is 134 Å². The van der Waals surface area contributed by atoms with Gasteiger partial charge in [0.1, 0.15) is 0 Å². The van der Waals surface area contributed by atoms with Crippen molar-refractivity contribution >= 4 is 35.2 Å². The number of anilines is 1. The fourth-order valence-corrected chi connectivity index (χ4v) is 6.77. The molecule has 10 heteroatoms. The number of benzene rings is 4. The molecule has 0 bridgehead atoms. The number of nitrogens with one attached hydrogen (secondary N) is 2. The first-order valence-corrected chi connectivity index (χ1v) is 17.9. The summed E-state index contributed by atoms with van der Waals surface area (Å²) in [4.78, 5) is 35.6. The molecule has 3 atom stereocenters. The molecule has 1 heterocycles. The number of unbranched alkanes of at least 4 members (excludes halogenated alkanes) is 2. The molecule has 1 aliphatic heterocycles. The van der Waals surface area contributed by atoms with Gasteiger partial charge in [0.05, 0.1) is 18.8 Å². The van der Waals surface area contributed by atoms with Crippen molar-refractivity contribution in [2.75, 3.05) is 11.1 Å². The first kappa shape index (κ1) is 36.8. The summed E-state index contributed by atoms with van der Waals surface area (Å²) in [6, 6.07) is 31.7. The Balaban J connectivity index is 1.25. The zero-order valence-electron chi connectivity index (χ0n) is 28.2. The molecule has 1 fully saturated rings. The number of ether oxygens (including phenoxy) is 2. The number of carbonyl (C=O) groups excluding carboxylic acids is 2. The Morgan fingerprint density at radius 1 is 0.820 bits per heavy atom. The lowest BCUT2D eigenvalue weighted by Crippen LogP contribution is -2.31. The first-order valence-electron chi connectivity index (χ1n) is 16.9. The summed E-state index contributed by atoms with van der Waals surface area (Å²) in [7, 11) is 0. The molecule has 1 saturated heterocycles. The van der Waals surface area contributed by atoms with Crippen LogP contribution in [0, 0.1) is 0 Å². The molecule has 0 aliphatic carbocycles. The molecule has 0 radical (unpaired) electrons. The summed E-state index contributed by atoms with van der Waals surface area (Å²) >= 11 is 1.69. The van der Waals surface area contributed by atoms with E-state index in [1.54, 1.807) is 11.8 Å². The van der Waals surface area contributed by atoms with Crippen molar-refractivity contribution in [1.29, 1.82) is 0 Å². The van der Waals surface area contributed by atoms with E-state index >= 15 is 0 Å². The molecular weight excluding hydrogens is 653 g/mol. The van der Waals surface area contributed by atoms with Crippen LogP contribution in [0.4, 0.5) is 5.69 Å². The molecule has 9 nitrogen and oxygen atoms in total. The second-order valence-electron chi connectivity index (χ2n) is 12.4. The summed E-state index contributed by atoms with van der Waals surface area (Å²) in [5.74, 6) is -0.252. The smallest absolute Gasteiger partial charge is 0.303 e. The van der Waals surface area contributed by atoms with E-state index in [2.05, 4.69) is 10.6 Å². The largest absolute Gasteiger partial charge is 0.481 e. The maximum Gasteiger partial charge on any atom is 0.303 e. The zero-order chi connectivity index (χ0) is 35.3. The monoisotopic (exact) mass is 696 g/mol. The number of carboxylic acids is 1. The quantitative estimate of drug-likeness (QED) is 0.0689. The molecule has 0 unspecified atom stereocenters. The average molecular weight is 697 g/mol. The summed E-state index contributed by atoms with van der Waals surface area (Å²) in [6.07, 6.45) is 2.24. The van der Waals surface area contributed by atoms with Crippen LogP contribution in [0.3, 0.4) is 0 Å². The van der Waals surface area contributed by atoms with Gasteiger partial charge in [-0.3, -0.25) is 14.4 Å². The van der Waals surface area contributed by atoms with E-state index in [1.165, 1.54) is 6.92 Å². The average Bonchev–Trinajstić information content (AvgIpc) is 3.13. The van der Waals surface area contributed by atoms with Gasteiger partial charge in [-0.25, -0.2) is 0 Å². The number of carbonyl (C=O) groups is 3. The fourth-order valence-electron chi connectivity index (χ4n) is 5.85. The number of thioether (sulfide) groups is 1. The lowest BCUT2D eigenvalue weighted by Gasteiger charge is -2.36. The van der Waals surface area contributed by atoms with Gasteiger partial charge in [-0.05, 0) is 64.9 Å². The van der Waals surface area contributed by atoms with Crippen LogP contribution < -0.4 is 10.6 Å². The SMILES string of the molecule is CC(=O)Nc1ccc(SC[C@@H]2C[C@H](c3ccc(CO)cc3)O[C@H](c3ccc(-c4ccccc4CNC(=O)CCCCCC(=O)O)cc3)O2)cc1. The molecule has 50 heavy (non-hydrogen) atoms. The van der Waals surface area contributed by atoms with Crippen molar-refractivity contribution in [3.05, 3.63) is 119 Å². The molecule has 1 aliphatic rings. The van der Waals surface area contributed by atoms with Crippen LogP contribution >= 0.6 is 11.8 Å². The third-order valence-corrected chi connectivity index (χ3v) is 9.65. The van der Waals surface area contributed by atoms with E-state index in [1.807, 2.05) is 97.1 Å². The zero-order valence-corrected chi connectivity index (χ0v) is 29.0. The highest BCUT2D eigenvalue weighted by Gasteiger charge is 2.32. The Labute approximate surface area is 297 Å². The Hall–Kier alpha value is -4.48. The molecule has 5 rings (SSSR count). The van der Waals surface area contributed by atoms with Gasteiger partial charge >= 0.3 is 5.97 Å². The number of aliphatic carboxylic acids is 1. The van der Waals surface area contributed by atoms with Crippen molar-refractivity contribution in [3.8, 4) is 11.1 Å². The predicted octanol–water partition coefficient (Wildman–Crippen LogP) is 7.79. The number of aliphatic hydroxyl groups excluding tert-OH is 1. The number of rotatable bonds is 16. The molecule has 0 aromatic heterocycles. The molecule has 2 amide bonds. The minimum absolute atomic E-state index is 0.0183. The second-order valence-corrected chi connectivity index (χ2v) is 13.5. The lowest BCUT2D eigenvalue weighted by atomic mass is 9.97. The first-order chi connectivity index (χ1) is 24.3. The van der Waals surface area contributed by atoms with Crippen molar-refractivity contribution in [2.24, 2.45) is 0 Å². The van der Waals surface area contributed by atoms with Crippen LogP contribution in [0.25, 0.3) is 11.1 Å². The van der Waals surface area contributed by atoms with Gasteiger partial charge in [0.2, 0.25) is 11.8 Å². The molecular formula is C40H44N2O7S. The van der Waals surface area contributed by atoms with Gasteiger partial charge in [-0.15, -0.1) is 11.8 Å². The highest BCUT2D eigenvalue weighted by Crippen LogP contribution is 2.40. The molecule has 262 valence electrons.